The number of thiocarbonyl (C=S) groups is 1. The summed E-state index contributed by atoms with van der Waals surface area (Å²) in [5.74, 6) is 0.803. The first-order valence-corrected chi connectivity index (χ1v) is 8.43. The Morgan fingerprint density at radius 3 is 2.67 bits per heavy atom. The van der Waals surface area contributed by atoms with Crippen molar-refractivity contribution in [1.29, 1.82) is 0 Å². The molecule has 2 N–H and O–H groups in total. The number of hydrogen-bond acceptors (Lipinski definition) is 4. The first kappa shape index (κ1) is 16.7. The van der Waals surface area contributed by atoms with Crippen LogP contribution in [0, 0.1) is 5.92 Å². The van der Waals surface area contributed by atoms with Gasteiger partial charge in [0.05, 0.1) is 12.0 Å². The summed E-state index contributed by atoms with van der Waals surface area (Å²) in [6.07, 6.45) is 3.36. The summed E-state index contributed by atoms with van der Waals surface area (Å²) in [7, 11) is 2.09. The van der Waals surface area contributed by atoms with E-state index in [2.05, 4.69) is 11.9 Å². The van der Waals surface area contributed by atoms with Crippen LogP contribution in [0.3, 0.4) is 0 Å². The molecule has 1 fully saturated rings. The van der Waals surface area contributed by atoms with Crippen LogP contribution in [0.2, 0.25) is 0 Å². The molecular formula is C18H21N3O2S. The van der Waals surface area contributed by atoms with Crippen LogP contribution in [0.15, 0.2) is 47.1 Å². The Bertz CT molecular complexity index is 722. The standard InChI is InChI=1S/C18H21N3O2S/c1-20-9-7-13(8-10-20)17(22)14-4-2-5-15(12-14)21(18(19)24)16-6-3-11-23-16/h2-6,11-13H,7-10H2,1H3,(H2,19,24). The summed E-state index contributed by atoms with van der Waals surface area (Å²) in [5.41, 5.74) is 7.27. The topological polar surface area (TPSA) is 62.7 Å². The van der Waals surface area contributed by atoms with Gasteiger partial charge in [0.1, 0.15) is 0 Å². The molecular weight excluding hydrogens is 322 g/mol. The monoisotopic (exact) mass is 343 g/mol. The molecule has 0 saturated carbocycles. The molecule has 24 heavy (non-hydrogen) atoms. The van der Waals surface area contributed by atoms with Crippen LogP contribution in [0.4, 0.5) is 11.6 Å². The maximum atomic E-state index is 12.8. The van der Waals surface area contributed by atoms with Crippen LogP contribution in [0.1, 0.15) is 23.2 Å². The predicted molar refractivity (Wildman–Crippen MR) is 98.6 cm³/mol. The third-order valence-corrected chi connectivity index (χ3v) is 4.61. The largest absolute Gasteiger partial charge is 0.448 e. The van der Waals surface area contributed by atoms with E-state index in [4.69, 9.17) is 22.4 Å². The minimum Gasteiger partial charge on any atom is -0.448 e. The molecule has 0 spiro atoms. The number of rotatable bonds is 4. The lowest BCUT2D eigenvalue weighted by atomic mass is 9.89. The van der Waals surface area contributed by atoms with Crippen LogP contribution in [0.25, 0.3) is 0 Å². The van der Waals surface area contributed by atoms with Gasteiger partial charge in [-0.05, 0) is 63.4 Å². The van der Waals surface area contributed by atoms with Gasteiger partial charge in [0.15, 0.2) is 10.9 Å². The predicted octanol–water partition coefficient (Wildman–Crippen LogP) is 3.19. The van der Waals surface area contributed by atoms with Gasteiger partial charge in [-0.25, -0.2) is 0 Å². The van der Waals surface area contributed by atoms with Crippen molar-refractivity contribution in [3.63, 3.8) is 0 Å². The molecule has 2 heterocycles. The van der Waals surface area contributed by atoms with Crippen LogP contribution >= 0.6 is 12.2 Å². The van der Waals surface area contributed by atoms with Gasteiger partial charge in [0.25, 0.3) is 0 Å². The quantitative estimate of drug-likeness (QED) is 0.679. The molecule has 0 radical (unpaired) electrons. The summed E-state index contributed by atoms with van der Waals surface area (Å²) in [6, 6.07) is 11.0. The fraction of sp³-hybridized carbons (Fsp3) is 0.333. The molecule has 1 aliphatic heterocycles. The molecule has 6 heteroatoms. The highest BCUT2D eigenvalue weighted by Crippen LogP contribution is 2.28. The minimum absolute atomic E-state index is 0.0818. The Morgan fingerprint density at radius 2 is 2.04 bits per heavy atom. The van der Waals surface area contributed by atoms with Crippen LogP contribution in [-0.4, -0.2) is 35.9 Å². The Kier molecular flexibility index (Phi) is 4.97. The maximum absolute atomic E-state index is 12.8. The van der Waals surface area contributed by atoms with Crippen molar-refractivity contribution in [3.05, 3.63) is 48.2 Å². The molecule has 3 rings (SSSR count). The highest BCUT2D eigenvalue weighted by Gasteiger charge is 2.25. The minimum atomic E-state index is 0.0818. The highest BCUT2D eigenvalue weighted by atomic mass is 32.1. The van der Waals surface area contributed by atoms with E-state index in [9.17, 15) is 4.79 Å². The fourth-order valence-electron chi connectivity index (χ4n) is 3.06. The number of piperidine rings is 1. The summed E-state index contributed by atoms with van der Waals surface area (Å²) < 4.78 is 5.41. The second-order valence-corrected chi connectivity index (χ2v) is 6.54. The van der Waals surface area contributed by atoms with E-state index in [0.29, 0.717) is 11.4 Å². The molecule has 1 aromatic heterocycles. The zero-order valence-electron chi connectivity index (χ0n) is 13.6. The molecule has 0 aliphatic carbocycles. The van der Waals surface area contributed by atoms with Crippen LogP contribution in [-0.2, 0) is 0 Å². The average molecular weight is 343 g/mol. The number of Topliss-reactive ketones (excluding diaryl/α,β-unsaturated/α-hetero) is 1. The fourth-order valence-corrected chi connectivity index (χ4v) is 3.26. The van der Waals surface area contributed by atoms with Gasteiger partial charge in [0, 0.05) is 17.5 Å². The van der Waals surface area contributed by atoms with E-state index in [1.54, 1.807) is 23.3 Å². The van der Waals surface area contributed by atoms with E-state index in [1.807, 2.05) is 24.3 Å². The number of nitrogens with two attached hydrogens (primary N) is 1. The number of anilines is 2. The molecule has 126 valence electrons. The second kappa shape index (κ2) is 7.15. The molecule has 1 saturated heterocycles. The third kappa shape index (κ3) is 3.49. The Morgan fingerprint density at radius 1 is 1.29 bits per heavy atom. The summed E-state index contributed by atoms with van der Waals surface area (Å²) >= 11 is 5.15. The smallest absolute Gasteiger partial charge is 0.205 e. The van der Waals surface area contributed by atoms with E-state index >= 15 is 0 Å². The lowest BCUT2D eigenvalue weighted by Crippen LogP contribution is -2.34. The van der Waals surface area contributed by atoms with Crippen LogP contribution in [0.5, 0.6) is 0 Å². The van der Waals surface area contributed by atoms with Crippen molar-refractivity contribution in [3.8, 4) is 0 Å². The van der Waals surface area contributed by atoms with Gasteiger partial charge in [-0.1, -0.05) is 12.1 Å². The normalized spacial score (nSPS) is 16.0. The number of ketones is 1. The van der Waals surface area contributed by atoms with Gasteiger partial charge in [0.2, 0.25) is 5.88 Å². The van der Waals surface area contributed by atoms with Gasteiger partial charge >= 0.3 is 0 Å². The number of benzene rings is 1. The molecule has 1 aromatic carbocycles. The summed E-state index contributed by atoms with van der Waals surface area (Å²) in [6.45, 7) is 1.92. The maximum Gasteiger partial charge on any atom is 0.205 e. The van der Waals surface area contributed by atoms with E-state index in [0.717, 1.165) is 31.6 Å². The Labute approximate surface area is 147 Å². The zero-order chi connectivity index (χ0) is 17.1. The first-order chi connectivity index (χ1) is 11.6. The molecule has 5 nitrogen and oxygen atoms in total. The summed E-state index contributed by atoms with van der Waals surface area (Å²) in [4.78, 5) is 16.7. The molecule has 0 bridgehead atoms. The molecule has 1 aliphatic rings. The van der Waals surface area contributed by atoms with E-state index in [-0.39, 0.29) is 16.8 Å². The molecule has 0 atom stereocenters. The molecule has 0 unspecified atom stereocenters. The lowest BCUT2D eigenvalue weighted by molar-refractivity contribution is 0.0857. The van der Waals surface area contributed by atoms with Crippen molar-refractivity contribution in [2.24, 2.45) is 11.7 Å². The zero-order valence-corrected chi connectivity index (χ0v) is 14.5. The van der Waals surface area contributed by atoms with Crippen molar-refractivity contribution in [2.75, 3.05) is 25.0 Å². The number of furan rings is 1. The van der Waals surface area contributed by atoms with Crippen molar-refractivity contribution in [1.82, 2.24) is 4.90 Å². The number of likely N-dealkylation sites (tertiary alicyclic amines) is 1. The Hall–Kier alpha value is -2.18. The molecule has 0 amide bonds. The van der Waals surface area contributed by atoms with Crippen molar-refractivity contribution in [2.45, 2.75) is 12.8 Å². The average Bonchev–Trinajstić information content (AvgIpc) is 3.09. The number of carbonyl (C=O) groups is 1. The van der Waals surface area contributed by atoms with E-state index < -0.39 is 0 Å². The number of nitrogens with zero attached hydrogens (tertiary/aromatic N) is 2. The van der Waals surface area contributed by atoms with Gasteiger partial charge < -0.3 is 15.1 Å². The second-order valence-electron chi connectivity index (χ2n) is 6.12. The highest BCUT2D eigenvalue weighted by molar-refractivity contribution is 7.80. The van der Waals surface area contributed by atoms with Crippen molar-refractivity contribution >= 4 is 34.7 Å². The van der Waals surface area contributed by atoms with E-state index in [1.165, 1.54) is 0 Å². The van der Waals surface area contributed by atoms with Crippen molar-refractivity contribution < 1.29 is 9.21 Å². The van der Waals surface area contributed by atoms with Gasteiger partial charge in [-0.2, -0.15) is 0 Å². The SMILES string of the molecule is CN1CCC(C(=O)c2cccc(N(C(N)=S)c3ccco3)c2)CC1. The van der Waals surface area contributed by atoms with Gasteiger partial charge in [-0.3, -0.25) is 9.69 Å². The first-order valence-electron chi connectivity index (χ1n) is 8.02. The number of hydrogen-bond donors (Lipinski definition) is 1. The van der Waals surface area contributed by atoms with Crippen LogP contribution < -0.4 is 10.6 Å². The molecule has 2 aromatic rings. The third-order valence-electron chi connectivity index (χ3n) is 4.43. The Balaban J connectivity index is 1.85. The lowest BCUT2D eigenvalue weighted by Gasteiger charge is -2.28. The number of carbonyl (C=O) groups excluding carboxylic acids is 1. The summed E-state index contributed by atoms with van der Waals surface area (Å²) in [5, 5.41) is 0.175. The van der Waals surface area contributed by atoms with Gasteiger partial charge in [-0.15, -0.1) is 0 Å².